The molecule has 1 aliphatic rings. The number of anilines is 1. The number of hydrogen-bond donors (Lipinski definition) is 3. The van der Waals surface area contributed by atoms with Crippen LogP contribution in [-0.4, -0.2) is 46.5 Å². The number of carbonyl (C=O) groups excluding carboxylic acids is 2. The minimum absolute atomic E-state index is 0.0855. The predicted octanol–water partition coefficient (Wildman–Crippen LogP) is 3.91. The molecule has 0 saturated carbocycles. The molecular formula is C25H26N4O6. The van der Waals surface area contributed by atoms with Gasteiger partial charge in [0.2, 0.25) is 11.5 Å². The Morgan fingerprint density at radius 2 is 1.66 bits per heavy atom. The van der Waals surface area contributed by atoms with Gasteiger partial charge in [-0.05, 0) is 44.9 Å². The van der Waals surface area contributed by atoms with Gasteiger partial charge in [-0.15, -0.1) is 0 Å². The number of benzene rings is 2. The summed E-state index contributed by atoms with van der Waals surface area (Å²) >= 11 is 0. The van der Waals surface area contributed by atoms with Crippen LogP contribution in [0.4, 0.5) is 10.6 Å². The van der Waals surface area contributed by atoms with Gasteiger partial charge in [-0.2, -0.15) is 0 Å². The molecule has 0 bridgehead atoms. The lowest BCUT2D eigenvalue weighted by Crippen LogP contribution is -2.34. The van der Waals surface area contributed by atoms with Gasteiger partial charge in [-0.1, -0.05) is 62.4 Å². The summed E-state index contributed by atoms with van der Waals surface area (Å²) in [5, 5.41) is 21.3. The Balaban J connectivity index is 1.37. The van der Waals surface area contributed by atoms with Crippen LogP contribution in [0.5, 0.6) is 0 Å². The van der Waals surface area contributed by atoms with Crippen molar-refractivity contribution in [1.82, 2.24) is 15.6 Å². The van der Waals surface area contributed by atoms with Crippen LogP contribution in [0, 0.1) is 11.8 Å². The molecule has 2 aromatic carbocycles. The summed E-state index contributed by atoms with van der Waals surface area (Å²) in [5.74, 6) is -2.66. The number of nitrogens with one attached hydrogen (secondary N) is 2. The molecule has 0 radical (unpaired) electrons. The molecule has 10 heteroatoms. The van der Waals surface area contributed by atoms with Crippen LogP contribution < -0.4 is 10.6 Å². The van der Waals surface area contributed by atoms with E-state index in [9.17, 15) is 19.5 Å². The topological polar surface area (TPSA) is 144 Å². The Kier molecular flexibility index (Phi) is 7.09. The quantitative estimate of drug-likeness (QED) is 0.420. The second-order valence-corrected chi connectivity index (χ2v) is 8.79. The molecule has 1 atom stereocenters. The van der Waals surface area contributed by atoms with Gasteiger partial charge in [0.1, 0.15) is 6.61 Å². The maximum Gasteiger partial charge on any atom is 0.412 e. The minimum atomic E-state index is -1.01. The molecule has 182 valence electrons. The Morgan fingerprint density at radius 3 is 2.26 bits per heavy atom. The number of ether oxygens (including phenoxy) is 1. The number of nitrogens with zero attached hydrogens (tertiary/aromatic N) is 2. The molecule has 3 N–H and O–H groups in total. The molecule has 0 spiro atoms. The number of carbonyl (C=O) groups is 3. The number of carboxylic acids is 1. The third kappa shape index (κ3) is 5.32. The van der Waals surface area contributed by atoms with Crippen LogP contribution in [0.3, 0.4) is 0 Å². The van der Waals surface area contributed by atoms with Crippen molar-refractivity contribution < 1.29 is 28.9 Å². The van der Waals surface area contributed by atoms with Gasteiger partial charge in [-0.25, -0.2) is 9.42 Å². The lowest BCUT2D eigenvalue weighted by atomic mass is 9.97. The highest BCUT2D eigenvalue weighted by molar-refractivity contribution is 5.99. The number of aliphatic carboxylic acids is 1. The Hall–Kier alpha value is -4.21. The summed E-state index contributed by atoms with van der Waals surface area (Å²) < 4.78 is 10.1. The smallest absolute Gasteiger partial charge is 0.412 e. The van der Waals surface area contributed by atoms with Crippen LogP contribution in [0.2, 0.25) is 0 Å². The van der Waals surface area contributed by atoms with E-state index in [0.29, 0.717) is 6.42 Å². The van der Waals surface area contributed by atoms with Gasteiger partial charge < -0.3 is 15.2 Å². The fourth-order valence-electron chi connectivity index (χ4n) is 4.29. The Bertz CT molecular complexity index is 1190. The van der Waals surface area contributed by atoms with Gasteiger partial charge in [0.25, 0.3) is 5.91 Å². The zero-order valence-electron chi connectivity index (χ0n) is 19.4. The van der Waals surface area contributed by atoms with Crippen molar-refractivity contribution in [3.63, 3.8) is 0 Å². The molecule has 35 heavy (non-hydrogen) atoms. The molecule has 1 heterocycles. The van der Waals surface area contributed by atoms with Crippen LogP contribution in [0.1, 0.15) is 47.8 Å². The summed E-state index contributed by atoms with van der Waals surface area (Å²) in [7, 11) is 0. The molecule has 4 rings (SSSR count). The largest absolute Gasteiger partial charge is 0.481 e. The van der Waals surface area contributed by atoms with Crippen LogP contribution in [-0.2, 0) is 9.53 Å². The molecule has 10 nitrogen and oxygen atoms in total. The third-order valence-electron chi connectivity index (χ3n) is 5.88. The first-order chi connectivity index (χ1) is 16.8. The van der Waals surface area contributed by atoms with Gasteiger partial charge in [0, 0.05) is 12.5 Å². The van der Waals surface area contributed by atoms with E-state index in [-0.39, 0.29) is 36.5 Å². The van der Waals surface area contributed by atoms with Crippen LogP contribution in [0.15, 0.2) is 53.2 Å². The Labute approximate surface area is 201 Å². The maximum absolute atomic E-state index is 12.5. The second-order valence-electron chi connectivity index (χ2n) is 8.79. The molecule has 3 aromatic rings. The van der Waals surface area contributed by atoms with Crippen molar-refractivity contribution in [2.45, 2.75) is 26.2 Å². The van der Waals surface area contributed by atoms with E-state index in [0.717, 1.165) is 22.3 Å². The average Bonchev–Trinajstić information content (AvgIpc) is 3.42. The molecule has 2 amide bonds. The second kappa shape index (κ2) is 10.4. The van der Waals surface area contributed by atoms with Crippen molar-refractivity contribution in [3.8, 4) is 11.1 Å². The lowest BCUT2D eigenvalue weighted by Gasteiger charge is -2.15. The normalized spacial score (nSPS) is 13.1. The van der Waals surface area contributed by atoms with E-state index in [1.807, 2.05) is 62.4 Å². The van der Waals surface area contributed by atoms with E-state index in [1.54, 1.807) is 0 Å². The monoisotopic (exact) mass is 478 g/mol. The Morgan fingerprint density at radius 1 is 1.03 bits per heavy atom. The molecular weight excluding hydrogens is 452 g/mol. The van der Waals surface area contributed by atoms with Gasteiger partial charge in [-0.3, -0.25) is 14.9 Å². The number of fused-ring (bicyclic) bond motifs is 3. The highest BCUT2D eigenvalue weighted by Gasteiger charge is 2.30. The number of aromatic nitrogens is 2. The minimum Gasteiger partial charge on any atom is -0.481 e. The van der Waals surface area contributed by atoms with E-state index < -0.39 is 23.9 Å². The van der Waals surface area contributed by atoms with Gasteiger partial charge >= 0.3 is 12.1 Å². The molecule has 0 saturated heterocycles. The van der Waals surface area contributed by atoms with Crippen molar-refractivity contribution in [2.75, 3.05) is 18.5 Å². The van der Waals surface area contributed by atoms with E-state index >= 15 is 0 Å². The first-order valence-corrected chi connectivity index (χ1v) is 11.3. The maximum atomic E-state index is 12.5. The average molecular weight is 479 g/mol. The SMILES string of the molecule is CC(C)CC(CNC(=O)c1nonc1NC(=O)OCC1c2ccccc2-c2ccccc21)C(=O)O. The zero-order chi connectivity index (χ0) is 24.9. The standard InChI is InChI=1S/C25H26N4O6/c1-14(2)11-15(24(31)32)12-26-23(30)21-22(29-35-28-21)27-25(33)34-13-20-18-9-5-3-7-16(18)17-8-4-6-10-19(17)20/h3-10,14-15,20H,11-13H2,1-2H3,(H,26,30)(H,31,32)(H,27,29,33). The van der Waals surface area contributed by atoms with Crippen molar-refractivity contribution in [1.29, 1.82) is 0 Å². The summed E-state index contributed by atoms with van der Waals surface area (Å²) in [4.78, 5) is 36.4. The molecule has 1 aliphatic carbocycles. The summed E-state index contributed by atoms with van der Waals surface area (Å²) in [5.41, 5.74) is 4.08. The van der Waals surface area contributed by atoms with Gasteiger partial charge in [0.15, 0.2) is 0 Å². The molecule has 1 aromatic heterocycles. The van der Waals surface area contributed by atoms with Crippen molar-refractivity contribution in [2.24, 2.45) is 11.8 Å². The van der Waals surface area contributed by atoms with Crippen LogP contribution in [0.25, 0.3) is 11.1 Å². The first-order valence-electron chi connectivity index (χ1n) is 11.3. The predicted molar refractivity (Wildman–Crippen MR) is 126 cm³/mol. The number of rotatable bonds is 9. The third-order valence-corrected chi connectivity index (χ3v) is 5.88. The highest BCUT2D eigenvalue weighted by Crippen LogP contribution is 2.44. The lowest BCUT2D eigenvalue weighted by molar-refractivity contribution is -0.142. The van der Waals surface area contributed by atoms with E-state index in [1.165, 1.54) is 0 Å². The molecule has 0 fully saturated rings. The fourth-order valence-corrected chi connectivity index (χ4v) is 4.29. The van der Waals surface area contributed by atoms with Crippen LogP contribution >= 0.6 is 0 Å². The summed E-state index contributed by atoms with van der Waals surface area (Å²) in [6, 6.07) is 15.9. The summed E-state index contributed by atoms with van der Waals surface area (Å²) in [6.07, 6.45) is -0.419. The molecule has 0 aliphatic heterocycles. The van der Waals surface area contributed by atoms with Gasteiger partial charge in [0.05, 0.1) is 5.92 Å². The number of hydrogen-bond acceptors (Lipinski definition) is 7. The zero-order valence-corrected chi connectivity index (χ0v) is 19.4. The summed E-state index contributed by atoms with van der Waals surface area (Å²) in [6.45, 7) is 3.79. The number of carboxylic acid groups (broad SMARTS) is 1. The highest BCUT2D eigenvalue weighted by atomic mass is 16.6. The van der Waals surface area contributed by atoms with E-state index in [2.05, 4.69) is 25.6 Å². The first kappa shape index (κ1) is 23.9. The van der Waals surface area contributed by atoms with E-state index in [4.69, 9.17) is 4.74 Å². The van der Waals surface area contributed by atoms with Crippen molar-refractivity contribution >= 4 is 23.8 Å². The van der Waals surface area contributed by atoms with Crippen molar-refractivity contribution in [3.05, 3.63) is 65.4 Å². The molecule has 1 unspecified atom stereocenters. The fraction of sp³-hybridized carbons (Fsp3) is 0.320. The number of amides is 2.